The molecule has 1 saturated heterocycles. The number of likely N-dealkylation sites (tertiary alicyclic amines) is 1. The first-order valence-corrected chi connectivity index (χ1v) is 8.47. The van der Waals surface area contributed by atoms with E-state index in [1.165, 1.54) is 4.90 Å². The summed E-state index contributed by atoms with van der Waals surface area (Å²) in [4.78, 5) is 13.8. The highest BCUT2D eigenvalue weighted by atomic mass is 32.1. The van der Waals surface area contributed by atoms with Crippen LogP contribution < -0.4 is 0 Å². The normalized spacial score (nSPS) is 20.8. The Kier molecular flexibility index (Phi) is 6.26. The lowest BCUT2D eigenvalue weighted by Crippen LogP contribution is -2.41. The summed E-state index contributed by atoms with van der Waals surface area (Å²) in [5, 5.41) is -0.0129. The minimum Gasteiger partial charge on any atom is -0.444 e. The number of benzene rings is 1. The third-order valence-electron chi connectivity index (χ3n) is 3.68. The number of ether oxygens (including phenoxy) is 2. The van der Waals surface area contributed by atoms with Gasteiger partial charge in [-0.15, -0.1) is 0 Å². The number of carbonyl (C=O) groups is 1. The smallest absolute Gasteiger partial charge is 0.410 e. The minimum atomic E-state index is -1.24. The van der Waals surface area contributed by atoms with Gasteiger partial charge in [-0.05, 0) is 33.3 Å². The Labute approximate surface area is 150 Å². The molecular formula is C17H22F3NO3S. The van der Waals surface area contributed by atoms with Crippen LogP contribution in [0.2, 0.25) is 0 Å². The molecule has 0 spiro atoms. The number of amides is 1. The fourth-order valence-corrected chi connectivity index (χ4v) is 2.99. The number of carbonyl (C=O) groups excluding carboxylic acids is 1. The van der Waals surface area contributed by atoms with Crippen molar-refractivity contribution in [3.8, 4) is 0 Å². The van der Waals surface area contributed by atoms with E-state index >= 15 is 0 Å². The highest BCUT2D eigenvalue weighted by Crippen LogP contribution is 2.25. The van der Waals surface area contributed by atoms with Crippen molar-refractivity contribution in [3.63, 3.8) is 0 Å². The second-order valence-corrected chi connectivity index (χ2v) is 7.78. The van der Waals surface area contributed by atoms with Crippen molar-refractivity contribution in [1.82, 2.24) is 4.90 Å². The lowest BCUT2D eigenvalue weighted by atomic mass is 10.2. The van der Waals surface area contributed by atoms with Crippen LogP contribution >= 0.6 is 12.6 Å². The van der Waals surface area contributed by atoms with Crippen LogP contribution in [0.3, 0.4) is 0 Å². The molecule has 0 radical (unpaired) electrons. The molecule has 1 amide bonds. The molecule has 1 heterocycles. The average Bonchev–Trinajstić information content (AvgIpc) is 2.84. The first kappa shape index (κ1) is 19.9. The molecule has 0 unspecified atom stereocenters. The van der Waals surface area contributed by atoms with Crippen LogP contribution in [0.25, 0.3) is 0 Å². The maximum absolute atomic E-state index is 13.6. The van der Waals surface area contributed by atoms with E-state index in [-0.39, 0.29) is 30.1 Å². The van der Waals surface area contributed by atoms with Gasteiger partial charge in [0.05, 0.1) is 19.3 Å². The van der Waals surface area contributed by atoms with Crippen LogP contribution in [0.4, 0.5) is 18.0 Å². The Morgan fingerprint density at radius 3 is 2.52 bits per heavy atom. The fourth-order valence-electron chi connectivity index (χ4n) is 2.57. The first-order chi connectivity index (χ1) is 11.6. The molecule has 2 atom stereocenters. The highest BCUT2D eigenvalue weighted by Gasteiger charge is 2.36. The highest BCUT2D eigenvalue weighted by molar-refractivity contribution is 7.81. The summed E-state index contributed by atoms with van der Waals surface area (Å²) >= 11 is 4.39. The van der Waals surface area contributed by atoms with Crippen molar-refractivity contribution in [2.24, 2.45) is 0 Å². The predicted molar refractivity (Wildman–Crippen MR) is 90.1 cm³/mol. The van der Waals surface area contributed by atoms with Crippen molar-refractivity contribution in [2.75, 3.05) is 13.2 Å². The van der Waals surface area contributed by atoms with Crippen molar-refractivity contribution in [3.05, 3.63) is 35.1 Å². The number of hydrogen-bond acceptors (Lipinski definition) is 4. The van der Waals surface area contributed by atoms with Gasteiger partial charge >= 0.3 is 6.09 Å². The minimum absolute atomic E-state index is 0.0129. The van der Waals surface area contributed by atoms with E-state index < -0.39 is 29.1 Å². The summed E-state index contributed by atoms with van der Waals surface area (Å²) in [6.45, 7) is 5.64. The molecule has 1 aliphatic heterocycles. The molecular weight excluding hydrogens is 355 g/mol. The monoisotopic (exact) mass is 377 g/mol. The van der Waals surface area contributed by atoms with Gasteiger partial charge in [0.1, 0.15) is 11.4 Å². The van der Waals surface area contributed by atoms with Gasteiger partial charge in [0, 0.05) is 23.4 Å². The number of thiol groups is 1. The Morgan fingerprint density at radius 2 is 1.88 bits per heavy atom. The quantitative estimate of drug-likeness (QED) is 0.638. The lowest BCUT2D eigenvalue weighted by molar-refractivity contribution is 0.00858. The summed E-state index contributed by atoms with van der Waals surface area (Å²) in [6, 6.07) is 0.984. The maximum atomic E-state index is 13.6. The molecule has 25 heavy (non-hydrogen) atoms. The SMILES string of the molecule is CC(C)(C)OC(=O)N1C[C@H](S)C[C@H]1COCc1cc(F)c(F)cc1F. The van der Waals surface area contributed by atoms with E-state index in [1.807, 2.05) is 0 Å². The largest absolute Gasteiger partial charge is 0.444 e. The molecule has 140 valence electrons. The molecule has 1 fully saturated rings. The van der Waals surface area contributed by atoms with E-state index in [0.29, 0.717) is 19.0 Å². The van der Waals surface area contributed by atoms with Crippen LogP contribution in [0.15, 0.2) is 12.1 Å². The summed E-state index contributed by atoms with van der Waals surface area (Å²) in [6.07, 6.45) is 0.138. The Balaban J connectivity index is 1.94. The van der Waals surface area contributed by atoms with E-state index in [0.717, 1.165) is 6.07 Å². The summed E-state index contributed by atoms with van der Waals surface area (Å²) in [5.74, 6) is -3.25. The molecule has 0 bridgehead atoms. The lowest BCUT2D eigenvalue weighted by Gasteiger charge is -2.28. The first-order valence-electron chi connectivity index (χ1n) is 7.95. The van der Waals surface area contributed by atoms with E-state index in [4.69, 9.17) is 9.47 Å². The zero-order valence-electron chi connectivity index (χ0n) is 14.4. The molecule has 0 saturated carbocycles. The molecule has 1 aromatic carbocycles. The summed E-state index contributed by atoms with van der Waals surface area (Å²) < 4.78 is 50.5. The molecule has 0 aliphatic carbocycles. The van der Waals surface area contributed by atoms with Crippen molar-refractivity contribution in [1.29, 1.82) is 0 Å². The molecule has 1 aromatic rings. The molecule has 2 rings (SSSR count). The number of rotatable bonds is 4. The van der Waals surface area contributed by atoms with Crippen LogP contribution in [0, 0.1) is 17.5 Å². The van der Waals surface area contributed by atoms with E-state index in [9.17, 15) is 18.0 Å². The third kappa shape index (κ3) is 5.54. The van der Waals surface area contributed by atoms with E-state index in [1.54, 1.807) is 20.8 Å². The molecule has 0 aromatic heterocycles. The van der Waals surface area contributed by atoms with Crippen molar-refractivity contribution in [2.45, 2.75) is 50.7 Å². The van der Waals surface area contributed by atoms with Gasteiger partial charge in [-0.1, -0.05) is 0 Å². The van der Waals surface area contributed by atoms with Gasteiger partial charge in [0.25, 0.3) is 0 Å². The van der Waals surface area contributed by atoms with Gasteiger partial charge in [-0.25, -0.2) is 18.0 Å². The summed E-state index contributed by atoms with van der Waals surface area (Å²) in [7, 11) is 0. The third-order valence-corrected chi connectivity index (χ3v) is 4.05. The van der Waals surface area contributed by atoms with Gasteiger partial charge in [-0.2, -0.15) is 12.6 Å². The average molecular weight is 377 g/mol. The molecule has 0 N–H and O–H groups in total. The fraction of sp³-hybridized carbons (Fsp3) is 0.588. The van der Waals surface area contributed by atoms with Gasteiger partial charge in [-0.3, -0.25) is 0 Å². The Hall–Kier alpha value is -1.41. The second-order valence-electron chi connectivity index (χ2n) is 7.05. The Bertz CT molecular complexity index is 636. The van der Waals surface area contributed by atoms with Crippen LogP contribution in [-0.4, -0.2) is 41.0 Å². The predicted octanol–water partition coefficient (Wildman–Crippen LogP) is 3.93. The van der Waals surface area contributed by atoms with Crippen molar-refractivity contribution < 1.29 is 27.4 Å². The van der Waals surface area contributed by atoms with Crippen LogP contribution in [0.1, 0.15) is 32.8 Å². The zero-order valence-corrected chi connectivity index (χ0v) is 15.3. The topological polar surface area (TPSA) is 38.8 Å². The molecule has 1 aliphatic rings. The molecule has 4 nitrogen and oxygen atoms in total. The second kappa shape index (κ2) is 7.86. The zero-order chi connectivity index (χ0) is 18.8. The van der Waals surface area contributed by atoms with Gasteiger partial charge in [0.15, 0.2) is 11.6 Å². The number of hydrogen-bond donors (Lipinski definition) is 1. The van der Waals surface area contributed by atoms with Crippen molar-refractivity contribution >= 4 is 18.7 Å². The van der Waals surface area contributed by atoms with Gasteiger partial charge < -0.3 is 14.4 Å². The maximum Gasteiger partial charge on any atom is 0.410 e. The number of halogens is 3. The van der Waals surface area contributed by atoms with Crippen LogP contribution in [0.5, 0.6) is 0 Å². The van der Waals surface area contributed by atoms with E-state index in [2.05, 4.69) is 12.6 Å². The summed E-state index contributed by atoms with van der Waals surface area (Å²) in [5.41, 5.74) is -0.700. The van der Waals surface area contributed by atoms with Gasteiger partial charge in [0.2, 0.25) is 0 Å². The van der Waals surface area contributed by atoms with Crippen LogP contribution in [-0.2, 0) is 16.1 Å². The molecule has 8 heteroatoms. The Morgan fingerprint density at radius 1 is 1.24 bits per heavy atom. The number of nitrogens with zero attached hydrogens (tertiary/aromatic N) is 1. The standard InChI is InChI=1S/C17H22F3NO3S/c1-17(2,3)24-16(22)21-7-12(25)5-11(21)9-23-8-10-4-14(19)15(20)6-13(10)18/h4,6,11-12,25H,5,7-9H2,1-3H3/t11-,12+/m0/s1.